The molecule has 0 unspecified atom stereocenters. The lowest BCUT2D eigenvalue weighted by Crippen LogP contribution is -2.48. The first-order chi connectivity index (χ1) is 16.0. The monoisotopic (exact) mass is 468 g/mol. The van der Waals surface area contributed by atoms with Crippen LogP contribution in [0.1, 0.15) is 34.5 Å². The van der Waals surface area contributed by atoms with Crippen molar-refractivity contribution >= 4 is 29.3 Å². The number of methoxy groups -OCH3 is 2. The Balaban J connectivity index is 1.91. The summed E-state index contributed by atoms with van der Waals surface area (Å²) in [4.78, 5) is 26.8. The molecule has 1 atom stereocenters. The largest absolute Gasteiger partial charge is 0.465 e. The Labute approximate surface area is 199 Å². The van der Waals surface area contributed by atoms with E-state index in [4.69, 9.17) is 26.4 Å². The van der Waals surface area contributed by atoms with E-state index in [1.165, 1.54) is 12.7 Å². The second-order valence-electron chi connectivity index (χ2n) is 7.51. The number of esters is 2. The van der Waals surface area contributed by atoms with Gasteiger partial charge in [0.25, 0.3) is 0 Å². The fourth-order valence-corrected chi connectivity index (χ4v) is 4.02. The highest BCUT2D eigenvalue weighted by Gasteiger charge is 2.34. The van der Waals surface area contributed by atoms with E-state index in [1.807, 2.05) is 30.0 Å². The van der Waals surface area contributed by atoms with E-state index in [-0.39, 0.29) is 6.61 Å². The van der Waals surface area contributed by atoms with Gasteiger partial charge in [0, 0.05) is 19.4 Å². The Bertz CT molecular complexity index is 1020. The molecule has 174 valence electrons. The summed E-state index contributed by atoms with van der Waals surface area (Å²) in [5.74, 6) is -0.863. The van der Waals surface area contributed by atoms with Gasteiger partial charge in [0.15, 0.2) is 5.11 Å². The summed E-state index contributed by atoms with van der Waals surface area (Å²) in [7, 11) is 2.89. The Hall–Kier alpha value is -3.23. The molecule has 0 saturated heterocycles. The van der Waals surface area contributed by atoms with Crippen molar-refractivity contribution in [3.05, 3.63) is 82.6 Å². The fraction of sp³-hybridized carbons (Fsp3) is 0.320. The quantitative estimate of drug-likeness (QED) is 0.341. The molecule has 0 spiro atoms. The van der Waals surface area contributed by atoms with Crippen molar-refractivity contribution in [2.75, 3.05) is 34.0 Å². The van der Waals surface area contributed by atoms with Crippen LogP contribution in [0.4, 0.5) is 0 Å². The second kappa shape index (κ2) is 11.6. The van der Waals surface area contributed by atoms with E-state index < -0.39 is 18.0 Å². The average molecular weight is 469 g/mol. The third-order valence-corrected chi connectivity index (χ3v) is 5.81. The number of rotatable bonds is 9. The molecule has 1 N–H and O–H groups in total. The minimum absolute atomic E-state index is 0.147. The first-order valence-corrected chi connectivity index (χ1v) is 11.0. The van der Waals surface area contributed by atoms with Crippen LogP contribution < -0.4 is 5.32 Å². The molecule has 1 heterocycles. The molecule has 0 aliphatic carbocycles. The highest BCUT2D eigenvalue weighted by atomic mass is 32.1. The maximum Gasteiger partial charge on any atom is 0.338 e. The molecule has 7 nitrogen and oxygen atoms in total. The zero-order valence-corrected chi connectivity index (χ0v) is 19.8. The van der Waals surface area contributed by atoms with E-state index in [1.54, 1.807) is 31.4 Å². The van der Waals surface area contributed by atoms with Crippen LogP contribution in [0.2, 0.25) is 0 Å². The molecule has 2 aromatic carbocycles. The van der Waals surface area contributed by atoms with Crippen LogP contribution in [-0.4, -0.2) is 55.9 Å². The Morgan fingerprint density at radius 1 is 1.00 bits per heavy atom. The maximum absolute atomic E-state index is 13.1. The van der Waals surface area contributed by atoms with Gasteiger partial charge in [0.05, 0.1) is 30.9 Å². The van der Waals surface area contributed by atoms with Crippen molar-refractivity contribution < 1.29 is 23.8 Å². The molecule has 33 heavy (non-hydrogen) atoms. The average Bonchev–Trinajstić information content (AvgIpc) is 2.83. The Kier molecular flexibility index (Phi) is 8.57. The molecule has 1 aliphatic rings. The van der Waals surface area contributed by atoms with Gasteiger partial charge < -0.3 is 24.4 Å². The zero-order chi connectivity index (χ0) is 23.8. The number of carbonyl (C=O) groups is 2. The molecule has 0 amide bonds. The summed E-state index contributed by atoms with van der Waals surface area (Å²) in [5, 5.41) is 3.81. The van der Waals surface area contributed by atoms with Gasteiger partial charge in [-0.2, -0.15) is 0 Å². The molecular weight excluding hydrogens is 440 g/mol. The minimum Gasteiger partial charge on any atom is -0.465 e. The molecule has 0 fully saturated rings. The van der Waals surface area contributed by atoms with Gasteiger partial charge in [-0.1, -0.05) is 42.5 Å². The van der Waals surface area contributed by atoms with Gasteiger partial charge in [-0.3, -0.25) is 0 Å². The molecule has 1 aliphatic heterocycles. The van der Waals surface area contributed by atoms with Crippen LogP contribution in [-0.2, 0) is 25.4 Å². The molecule has 8 heteroatoms. The summed E-state index contributed by atoms with van der Waals surface area (Å²) in [6.07, 6.45) is 0.768. The molecule has 0 radical (unpaired) electrons. The van der Waals surface area contributed by atoms with Crippen LogP contribution in [0, 0.1) is 0 Å². The van der Waals surface area contributed by atoms with Gasteiger partial charge in [-0.25, -0.2) is 9.59 Å². The van der Waals surface area contributed by atoms with Gasteiger partial charge in [0.1, 0.15) is 6.61 Å². The lowest BCUT2D eigenvalue weighted by molar-refractivity contribution is -0.140. The van der Waals surface area contributed by atoms with Crippen molar-refractivity contribution in [3.8, 4) is 0 Å². The smallest absolute Gasteiger partial charge is 0.338 e. The number of carbonyl (C=O) groups excluding carboxylic acids is 2. The first-order valence-electron chi connectivity index (χ1n) is 10.6. The summed E-state index contributed by atoms with van der Waals surface area (Å²) in [6, 6.07) is 16.5. The normalized spacial score (nSPS) is 15.8. The van der Waals surface area contributed by atoms with Crippen molar-refractivity contribution in [2.24, 2.45) is 0 Å². The standard InChI is InChI=1S/C25H28N2O5S/c1-17-21(24(29)32-16-15-30-2)22(19-9-11-20(12-10-19)23(28)31-3)26-25(33)27(17)14-13-18-7-5-4-6-8-18/h4-12,22H,13-16H2,1-3H3,(H,26,33)/t22-/m0/s1. The van der Waals surface area contributed by atoms with Crippen molar-refractivity contribution in [3.63, 3.8) is 0 Å². The van der Waals surface area contributed by atoms with Gasteiger partial charge in [-0.15, -0.1) is 0 Å². The SMILES string of the molecule is COCCOC(=O)C1=C(C)N(CCc2ccccc2)C(=S)N[C@H]1c1ccc(C(=O)OC)cc1. The van der Waals surface area contributed by atoms with Crippen LogP contribution >= 0.6 is 12.2 Å². The van der Waals surface area contributed by atoms with E-state index in [0.29, 0.717) is 29.4 Å². The summed E-state index contributed by atoms with van der Waals surface area (Å²) in [6.45, 7) is 2.94. The lowest BCUT2D eigenvalue weighted by atomic mass is 9.94. The highest BCUT2D eigenvalue weighted by Crippen LogP contribution is 2.32. The Morgan fingerprint density at radius 2 is 1.70 bits per heavy atom. The van der Waals surface area contributed by atoms with Crippen LogP contribution in [0.3, 0.4) is 0 Å². The van der Waals surface area contributed by atoms with Crippen molar-refractivity contribution in [1.82, 2.24) is 10.2 Å². The number of hydrogen-bond acceptors (Lipinski definition) is 6. The predicted octanol–water partition coefficient (Wildman–Crippen LogP) is 3.41. The number of benzene rings is 2. The first kappa shape index (κ1) is 24.4. The number of nitrogens with zero attached hydrogens (tertiary/aromatic N) is 1. The molecule has 0 bridgehead atoms. The van der Waals surface area contributed by atoms with Gasteiger partial charge in [-0.05, 0) is 48.8 Å². The maximum atomic E-state index is 13.1. The number of nitrogens with one attached hydrogen (secondary N) is 1. The predicted molar refractivity (Wildman–Crippen MR) is 129 cm³/mol. The molecule has 0 aromatic heterocycles. The van der Waals surface area contributed by atoms with E-state index in [0.717, 1.165) is 17.7 Å². The van der Waals surface area contributed by atoms with Crippen LogP contribution in [0.25, 0.3) is 0 Å². The highest BCUT2D eigenvalue weighted by molar-refractivity contribution is 7.80. The number of hydrogen-bond donors (Lipinski definition) is 1. The third-order valence-electron chi connectivity index (χ3n) is 5.47. The fourth-order valence-electron chi connectivity index (χ4n) is 3.68. The Morgan fingerprint density at radius 3 is 2.33 bits per heavy atom. The summed E-state index contributed by atoms with van der Waals surface area (Å²) < 4.78 is 15.2. The zero-order valence-electron chi connectivity index (χ0n) is 19.0. The van der Waals surface area contributed by atoms with E-state index in [9.17, 15) is 9.59 Å². The number of ether oxygens (including phenoxy) is 3. The number of allylic oxidation sites excluding steroid dienone is 1. The van der Waals surface area contributed by atoms with Gasteiger partial charge in [0.2, 0.25) is 0 Å². The molecular formula is C25H28N2O5S. The lowest BCUT2D eigenvalue weighted by Gasteiger charge is -2.37. The topological polar surface area (TPSA) is 77.1 Å². The summed E-state index contributed by atoms with van der Waals surface area (Å²) in [5.41, 5.74) is 3.59. The molecule has 0 saturated carbocycles. The molecule has 2 aromatic rings. The third kappa shape index (κ3) is 5.97. The van der Waals surface area contributed by atoms with E-state index >= 15 is 0 Å². The second-order valence-corrected chi connectivity index (χ2v) is 7.90. The van der Waals surface area contributed by atoms with Crippen molar-refractivity contribution in [2.45, 2.75) is 19.4 Å². The summed E-state index contributed by atoms with van der Waals surface area (Å²) >= 11 is 5.66. The van der Waals surface area contributed by atoms with Crippen LogP contribution in [0.15, 0.2) is 65.9 Å². The number of thiocarbonyl (C=S) groups is 1. The van der Waals surface area contributed by atoms with Crippen LogP contribution in [0.5, 0.6) is 0 Å². The van der Waals surface area contributed by atoms with Crippen molar-refractivity contribution in [1.29, 1.82) is 0 Å². The van der Waals surface area contributed by atoms with Gasteiger partial charge >= 0.3 is 11.9 Å². The minimum atomic E-state index is -0.507. The molecule has 3 rings (SSSR count). The van der Waals surface area contributed by atoms with E-state index in [2.05, 4.69) is 17.4 Å².